The van der Waals surface area contributed by atoms with E-state index in [1.54, 1.807) is 7.11 Å². The Balaban J connectivity index is 1.81. The number of benzene rings is 1. The van der Waals surface area contributed by atoms with Gasteiger partial charge in [0.15, 0.2) is 5.82 Å². The lowest BCUT2D eigenvalue weighted by molar-refractivity contribution is 0.0595. The second kappa shape index (κ2) is 7.30. The minimum absolute atomic E-state index is 0.0265. The number of esters is 1. The van der Waals surface area contributed by atoms with E-state index in [1.807, 2.05) is 24.3 Å². The highest BCUT2D eigenvalue weighted by molar-refractivity contribution is 5.91. The molecule has 1 aromatic heterocycles. The van der Waals surface area contributed by atoms with Gasteiger partial charge in [0, 0.05) is 13.0 Å². The normalized spacial score (nSPS) is 10.3. The summed E-state index contributed by atoms with van der Waals surface area (Å²) in [6, 6.07) is 7.32. The van der Waals surface area contributed by atoms with Crippen molar-refractivity contribution in [2.24, 2.45) is 0 Å². The monoisotopic (exact) mass is 306 g/mol. The van der Waals surface area contributed by atoms with Gasteiger partial charge in [-0.1, -0.05) is 5.21 Å². The number of carbonyl (C=O) groups excluding carboxylic acids is 1. The Hall–Kier alpha value is -2.77. The number of aryl methyl sites for hydroxylation is 1. The van der Waals surface area contributed by atoms with Crippen LogP contribution in [0.1, 0.15) is 16.9 Å². The topological polar surface area (TPSA) is 101 Å². The van der Waals surface area contributed by atoms with Crippen LogP contribution in [0.25, 0.3) is 0 Å². The molecule has 0 bridgehead atoms. The summed E-state index contributed by atoms with van der Waals surface area (Å²) in [7, 11) is 2.88. The second-order valence-corrected chi connectivity index (χ2v) is 4.42. The summed E-state index contributed by atoms with van der Waals surface area (Å²) in [6.45, 7) is 0.977. The van der Waals surface area contributed by atoms with E-state index < -0.39 is 5.97 Å². The van der Waals surface area contributed by atoms with Crippen LogP contribution in [-0.2, 0) is 11.3 Å². The Morgan fingerprint density at radius 1 is 1.23 bits per heavy atom. The van der Waals surface area contributed by atoms with Gasteiger partial charge in [-0.05, 0) is 24.3 Å². The molecule has 22 heavy (non-hydrogen) atoms. The largest absolute Gasteiger partial charge is 0.497 e. The van der Waals surface area contributed by atoms with Gasteiger partial charge in [-0.25, -0.2) is 9.48 Å². The number of anilines is 1. The Morgan fingerprint density at radius 2 is 1.91 bits per heavy atom. The average molecular weight is 306 g/mol. The highest BCUT2D eigenvalue weighted by atomic mass is 16.5. The maximum Gasteiger partial charge on any atom is 0.362 e. The van der Waals surface area contributed by atoms with Gasteiger partial charge in [0.2, 0.25) is 5.69 Å². The molecule has 8 heteroatoms. The molecule has 0 saturated heterocycles. The van der Waals surface area contributed by atoms with Gasteiger partial charge in [-0.2, -0.15) is 0 Å². The molecule has 8 nitrogen and oxygen atoms in total. The molecule has 0 saturated carbocycles. The van der Waals surface area contributed by atoms with Crippen molar-refractivity contribution in [1.29, 1.82) is 0 Å². The van der Waals surface area contributed by atoms with Gasteiger partial charge in [-0.15, -0.1) is 5.10 Å². The number of rotatable bonds is 7. The van der Waals surface area contributed by atoms with Gasteiger partial charge in [0.1, 0.15) is 11.5 Å². The van der Waals surface area contributed by atoms with E-state index in [2.05, 4.69) is 15.0 Å². The number of hydrogen-bond donors (Lipinski definition) is 1. The maximum atomic E-state index is 11.4. The number of nitrogen functional groups attached to an aromatic ring is 1. The molecule has 2 N–H and O–H groups in total. The first-order chi connectivity index (χ1) is 10.7. The summed E-state index contributed by atoms with van der Waals surface area (Å²) in [5.41, 5.74) is 5.81. The van der Waals surface area contributed by atoms with Gasteiger partial charge < -0.3 is 19.9 Å². The minimum Gasteiger partial charge on any atom is -0.497 e. The van der Waals surface area contributed by atoms with Gasteiger partial charge in [0.05, 0.1) is 20.8 Å². The van der Waals surface area contributed by atoms with Crippen molar-refractivity contribution in [3.05, 3.63) is 30.0 Å². The fourth-order valence-electron chi connectivity index (χ4n) is 1.80. The number of nitrogens with zero attached hydrogens (tertiary/aromatic N) is 3. The van der Waals surface area contributed by atoms with Crippen LogP contribution in [0.3, 0.4) is 0 Å². The maximum absolute atomic E-state index is 11.4. The first-order valence-corrected chi connectivity index (χ1v) is 6.70. The molecule has 0 atom stereocenters. The first-order valence-electron chi connectivity index (χ1n) is 6.70. The summed E-state index contributed by atoms with van der Waals surface area (Å²) < 4.78 is 16.7. The van der Waals surface area contributed by atoms with Gasteiger partial charge in [0.25, 0.3) is 0 Å². The standard InChI is InChI=1S/C14H18N4O4/c1-20-10-4-6-11(7-5-10)22-9-3-8-18-13(15)12(16-17-18)14(19)21-2/h4-7H,3,8-9,15H2,1-2H3. The van der Waals surface area contributed by atoms with Crippen LogP contribution < -0.4 is 15.2 Å². The molecule has 0 spiro atoms. The van der Waals surface area contributed by atoms with Crippen LogP contribution in [-0.4, -0.2) is 41.8 Å². The molecule has 1 heterocycles. The zero-order valence-electron chi connectivity index (χ0n) is 12.5. The zero-order chi connectivity index (χ0) is 15.9. The molecule has 2 aromatic rings. The predicted molar refractivity (Wildman–Crippen MR) is 78.9 cm³/mol. The van der Waals surface area contributed by atoms with Crippen molar-refractivity contribution in [1.82, 2.24) is 15.0 Å². The number of nitrogens with two attached hydrogens (primary N) is 1. The van der Waals surface area contributed by atoms with Crippen molar-refractivity contribution in [2.75, 3.05) is 26.6 Å². The Labute approximate surface area is 127 Å². The molecule has 1 aromatic carbocycles. The zero-order valence-corrected chi connectivity index (χ0v) is 12.5. The molecule has 118 valence electrons. The average Bonchev–Trinajstić information content (AvgIpc) is 2.92. The molecule has 0 aliphatic carbocycles. The van der Waals surface area contributed by atoms with E-state index in [-0.39, 0.29) is 11.5 Å². The van der Waals surface area contributed by atoms with E-state index in [9.17, 15) is 4.79 Å². The summed E-state index contributed by atoms with van der Waals surface area (Å²) >= 11 is 0. The third-order valence-corrected chi connectivity index (χ3v) is 2.99. The highest BCUT2D eigenvalue weighted by Gasteiger charge is 2.17. The van der Waals surface area contributed by atoms with E-state index in [4.69, 9.17) is 15.2 Å². The van der Waals surface area contributed by atoms with E-state index in [0.29, 0.717) is 19.6 Å². The Morgan fingerprint density at radius 3 is 2.55 bits per heavy atom. The molecule has 0 amide bonds. The van der Waals surface area contributed by atoms with Gasteiger partial charge >= 0.3 is 5.97 Å². The summed E-state index contributed by atoms with van der Waals surface area (Å²) in [6.07, 6.45) is 0.667. The highest BCUT2D eigenvalue weighted by Crippen LogP contribution is 2.17. The van der Waals surface area contributed by atoms with E-state index in [0.717, 1.165) is 11.5 Å². The van der Waals surface area contributed by atoms with Crippen molar-refractivity contribution >= 4 is 11.8 Å². The second-order valence-electron chi connectivity index (χ2n) is 4.42. The number of ether oxygens (including phenoxy) is 3. The van der Waals surface area contributed by atoms with Crippen molar-refractivity contribution in [2.45, 2.75) is 13.0 Å². The number of aromatic nitrogens is 3. The van der Waals surface area contributed by atoms with Crippen LogP contribution in [0.15, 0.2) is 24.3 Å². The molecular formula is C14H18N4O4. The quantitative estimate of drug-likeness (QED) is 0.604. The smallest absolute Gasteiger partial charge is 0.362 e. The predicted octanol–water partition coefficient (Wildman–Crippen LogP) is 1.12. The van der Waals surface area contributed by atoms with Crippen LogP contribution in [0.4, 0.5) is 5.82 Å². The molecule has 0 unspecified atom stereocenters. The lowest BCUT2D eigenvalue weighted by Crippen LogP contribution is -2.10. The SMILES string of the molecule is COC(=O)c1nnn(CCCOc2ccc(OC)cc2)c1N. The fraction of sp³-hybridized carbons (Fsp3) is 0.357. The van der Waals surface area contributed by atoms with Crippen molar-refractivity contribution in [3.8, 4) is 11.5 Å². The Kier molecular flexibility index (Phi) is 5.18. The fourth-order valence-corrected chi connectivity index (χ4v) is 1.80. The van der Waals surface area contributed by atoms with Crippen molar-refractivity contribution < 1.29 is 19.0 Å². The summed E-state index contributed by atoms with van der Waals surface area (Å²) in [5.74, 6) is 1.12. The molecule has 0 aliphatic rings. The molecule has 0 aliphatic heterocycles. The lowest BCUT2D eigenvalue weighted by Gasteiger charge is -2.07. The Bertz CT molecular complexity index is 624. The van der Waals surface area contributed by atoms with Crippen molar-refractivity contribution in [3.63, 3.8) is 0 Å². The number of hydrogen-bond acceptors (Lipinski definition) is 7. The number of carbonyl (C=O) groups is 1. The first kappa shape index (κ1) is 15.6. The van der Waals surface area contributed by atoms with Crippen LogP contribution in [0.2, 0.25) is 0 Å². The van der Waals surface area contributed by atoms with Crippen LogP contribution in [0, 0.1) is 0 Å². The molecular weight excluding hydrogens is 288 g/mol. The molecule has 0 radical (unpaired) electrons. The van der Waals surface area contributed by atoms with Crippen LogP contribution >= 0.6 is 0 Å². The van der Waals surface area contributed by atoms with E-state index in [1.165, 1.54) is 11.8 Å². The van der Waals surface area contributed by atoms with Gasteiger partial charge in [-0.3, -0.25) is 0 Å². The van der Waals surface area contributed by atoms with E-state index >= 15 is 0 Å². The molecule has 2 rings (SSSR count). The molecule has 0 fully saturated rings. The number of methoxy groups -OCH3 is 2. The summed E-state index contributed by atoms with van der Waals surface area (Å²) in [5, 5.41) is 7.52. The minimum atomic E-state index is -0.599. The van der Waals surface area contributed by atoms with Crippen LogP contribution in [0.5, 0.6) is 11.5 Å². The lowest BCUT2D eigenvalue weighted by atomic mass is 10.3. The third-order valence-electron chi connectivity index (χ3n) is 2.99. The third kappa shape index (κ3) is 3.66. The summed E-state index contributed by atoms with van der Waals surface area (Å²) in [4.78, 5) is 11.4.